The van der Waals surface area contributed by atoms with Crippen molar-refractivity contribution >= 4 is 17.5 Å². The molecule has 0 aliphatic carbocycles. The van der Waals surface area contributed by atoms with Gasteiger partial charge >= 0.3 is 0 Å². The van der Waals surface area contributed by atoms with Crippen LogP contribution in [0.5, 0.6) is 0 Å². The Morgan fingerprint density at radius 3 is 2.95 bits per heavy atom. The molecule has 21 heavy (non-hydrogen) atoms. The summed E-state index contributed by atoms with van der Waals surface area (Å²) >= 11 is 0. The van der Waals surface area contributed by atoms with E-state index in [2.05, 4.69) is 12.2 Å². The molecule has 2 amide bonds. The first-order chi connectivity index (χ1) is 10.0. The molecule has 1 heterocycles. The molecule has 3 N–H and O–H groups in total. The van der Waals surface area contributed by atoms with Crippen molar-refractivity contribution in [1.82, 2.24) is 10.2 Å². The van der Waals surface area contributed by atoms with E-state index in [1.54, 1.807) is 17.0 Å². The van der Waals surface area contributed by atoms with Gasteiger partial charge in [-0.25, -0.2) is 0 Å². The summed E-state index contributed by atoms with van der Waals surface area (Å²) in [6.07, 6.45) is 2.73. The highest BCUT2D eigenvalue weighted by Gasteiger charge is 2.26. The fourth-order valence-corrected chi connectivity index (χ4v) is 2.69. The Morgan fingerprint density at radius 1 is 1.48 bits per heavy atom. The fraction of sp³-hybridized carbons (Fsp3) is 0.500. The second-order valence-electron chi connectivity index (χ2n) is 5.65. The van der Waals surface area contributed by atoms with Crippen LogP contribution in [0.15, 0.2) is 18.2 Å². The molecule has 5 heteroatoms. The molecular weight excluding hydrogens is 266 g/mol. The van der Waals surface area contributed by atoms with E-state index in [9.17, 15) is 9.59 Å². The number of rotatable bonds is 5. The molecule has 0 bridgehead atoms. The Hall–Kier alpha value is -2.04. The summed E-state index contributed by atoms with van der Waals surface area (Å²) < 4.78 is 0. The quantitative estimate of drug-likeness (QED) is 0.808. The Labute approximate surface area is 125 Å². The van der Waals surface area contributed by atoms with Crippen LogP contribution in [0.1, 0.15) is 42.6 Å². The smallest absolute Gasteiger partial charge is 0.254 e. The lowest BCUT2D eigenvalue weighted by atomic mass is 9.98. The Kier molecular flexibility index (Phi) is 4.83. The zero-order valence-electron chi connectivity index (χ0n) is 12.7. The van der Waals surface area contributed by atoms with E-state index < -0.39 is 0 Å². The summed E-state index contributed by atoms with van der Waals surface area (Å²) in [6.45, 7) is 4.75. The highest BCUT2D eigenvalue weighted by molar-refractivity contribution is 5.99. The van der Waals surface area contributed by atoms with Crippen molar-refractivity contribution in [3.63, 3.8) is 0 Å². The largest absolute Gasteiger partial charge is 0.399 e. The third-order valence-corrected chi connectivity index (χ3v) is 3.77. The van der Waals surface area contributed by atoms with Gasteiger partial charge in [-0.15, -0.1) is 0 Å². The average Bonchev–Trinajstić information content (AvgIpc) is 2.42. The van der Waals surface area contributed by atoms with E-state index in [1.165, 1.54) is 0 Å². The molecule has 1 atom stereocenters. The van der Waals surface area contributed by atoms with Gasteiger partial charge in [0.05, 0.1) is 6.54 Å². The van der Waals surface area contributed by atoms with Gasteiger partial charge in [0.1, 0.15) is 0 Å². The maximum atomic E-state index is 12.4. The number of hydrogen-bond donors (Lipinski definition) is 2. The van der Waals surface area contributed by atoms with Crippen LogP contribution in [0, 0.1) is 0 Å². The van der Waals surface area contributed by atoms with Crippen molar-refractivity contribution in [2.75, 3.05) is 18.8 Å². The van der Waals surface area contributed by atoms with Crippen molar-refractivity contribution in [2.45, 2.75) is 39.2 Å². The van der Waals surface area contributed by atoms with E-state index in [4.69, 9.17) is 5.73 Å². The minimum Gasteiger partial charge on any atom is -0.399 e. The van der Waals surface area contributed by atoms with E-state index in [0.29, 0.717) is 17.8 Å². The summed E-state index contributed by atoms with van der Waals surface area (Å²) in [7, 11) is 0. The number of hydrogen-bond acceptors (Lipinski definition) is 3. The Bertz CT molecular complexity index is 542. The predicted molar refractivity (Wildman–Crippen MR) is 83.0 cm³/mol. The number of nitrogens with zero attached hydrogens (tertiary/aromatic N) is 1. The number of amides is 2. The van der Waals surface area contributed by atoms with E-state index in [0.717, 1.165) is 24.8 Å². The van der Waals surface area contributed by atoms with Gasteiger partial charge in [0, 0.05) is 23.8 Å². The molecule has 0 saturated heterocycles. The maximum Gasteiger partial charge on any atom is 0.254 e. The number of carbonyl (C=O) groups is 2. The molecule has 1 aliphatic heterocycles. The van der Waals surface area contributed by atoms with Crippen molar-refractivity contribution in [2.24, 2.45) is 0 Å². The van der Waals surface area contributed by atoms with Crippen LogP contribution in [-0.4, -0.2) is 35.8 Å². The number of nitrogen functional groups attached to an aromatic ring is 1. The van der Waals surface area contributed by atoms with Gasteiger partial charge in [0.2, 0.25) is 5.91 Å². The number of nitrogens with two attached hydrogens (primary N) is 1. The van der Waals surface area contributed by atoms with Gasteiger partial charge < -0.3 is 16.0 Å². The molecule has 1 aromatic carbocycles. The van der Waals surface area contributed by atoms with E-state index in [1.807, 2.05) is 13.0 Å². The molecule has 1 unspecified atom stereocenters. The SMILES string of the molecule is CCCC(C)NC(=O)CN1CCc2ccc(N)cc2C1=O. The van der Waals surface area contributed by atoms with Crippen molar-refractivity contribution in [3.8, 4) is 0 Å². The van der Waals surface area contributed by atoms with Crippen LogP contribution in [-0.2, 0) is 11.2 Å². The fourth-order valence-electron chi connectivity index (χ4n) is 2.69. The lowest BCUT2D eigenvalue weighted by Gasteiger charge is -2.28. The molecule has 1 aliphatic rings. The minimum absolute atomic E-state index is 0.100. The maximum absolute atomic E-state index is 12.4. The zero-order valence-corrected chi connectivity index (χ0v) is 12.7. The van der Waals surface area contributed by atoms with Crippen LogP contribution in [0.2, 0.25) is 0 Å². The molecular formula is C16H23N3O2. The average molecular weight is 289 g/mol. The standard InChI is InChI=1S/C16H23N3O2/c1-3-4-11(2)18-15(20)10-19-8-7-12-5-6-13(17)9-14(12)16(19)21/h5-6,9,11H,3-4,7-8,10,17H2,1-2H3,(H,18,20). The number of fused-ring (bicyclic) bond motifs is 1. The predicted octanol–water partition coefficient (Wildman–Crippen LogP) is 1.57. The second-order valence-corrected chi connectivity index (χ2v) is 5.65. The van der Waals surface area contributed by atoms with Crippen LogP contribution in [0.3, 0.4) is 0 Å². The third-order valence-electron chi connectivity index (χ3n) is 3.77. The second kappa shape index (κ2) is 6.61. The highest BCUT2D eigenvalue weighted by atomic mass is 16.2. The molecule has 0 spiro atoms. The van der Waals surface area contributed by atoms with Crippen LogP contribution in [0.4, 0.5) is 5.69 Å². The molecule has 0 aromatic heterocycles. The van der Waals surface area contributed by atoms with Crippen LogP contribution >= 0.6 is 0 Å². The van der Waals surface area contributed by atoms with Crippen LogP contribution in [0.25, 0.3) is 0 Å². The lowest BCUT2D eigenvalue weighted by molar-refractivity contribution is -0.122. The topological polar surface area (TPSA) is 75.4 Å². The molecule has 0 fully saturated rings. The summed E-state index contributed by atoms with van der Waals surface area (Å²) in [6, 6.07) is 5.54. The molecule has 0 radical (unpaired) electrons. The molecule has 5 nitrogen and oxygen atoms in total. The molecule has 114 valence electrons. The minimum atomic E-state index is -0.109. The lowest BCUT2D eigenvalue weighted by Crippen LogP contribution is -2.46. The van der Waals surface area contributed by atoms with E-state index >= 15 is 0 Å². The Balaban J connectivity index is 2.00. The van der Waals surface area contributed by atoms with Crippen LogP contribution < -0.4 is 11.1 Å². The van der Waals surface area contributed by atoms with Gasteiger partial charge in [0.15, 0.2) is 0 Å². The number of benzene rings is 1. The zero-order chi connectivity index (χ0) is 15.4. The summed E-state index contributed by atoms with van der Waals surface area (Å²) in [5, 5.41) is 2.93. The van der Waals surface area contributed by atoms with Gasteiger partial charge in [-0.2, -0.15) is 0 Å². The highest BCUT2D eigenvalue weighted by Crippen LogP contribution is 2.21. The summed E-state index contributed by atoms with van der Waals surface area (Å²) in [4.78, 5) is 26.0. The first-order valence-electron chi connectivity index (χ1n) is 7.48. The molecule has 1 aromatic rings. The summed E-state index contributed by atoms with van der Waals surface area (Å²) in [5.41, 5.74) is 7.94. The first-order valence-corrected chi connectivity index (χ1v) is 7.48. The van der Waals surface area contributed by atoms with Gasteiger partial charge in [0.25, 0.3) is 5.91 Å². The van der Waals surface area contributed by atoms with Crippen molar-refractivity contribution in [1.29, 1.82) is 0 Å². The van der Waals surface area contributed by atoms with Gasteiger partial charge in [-0.3, -0.25) is 9.59 Å². The first kappa shape index (κ1) is 15.4. The van der Waals surface area contributed by atoms with Gasteiger partial charge in [-0.05, 0) is 37.5 Å². The number of anilines is 1. The Morgan fingerprint density at radius 2 is 2.24 bits per heavy atom. The van der Waals surface area contributed by atoms with Crippen molar-refractivity contribution < 1.29 is 9.59 Å². The number of nitrogens with one attached hydrogen (secondary N) is 1. The van der Waals surface area contributed by atoms with Gasteiger partial charge in [-0.1, -0.05) is 19.4 Å². The third kappa shape index (κ3) is 3.74. The van der Waals surface area contributed by atoms with E-state index in [-0.39, 0.29) is 24.4 Å². The summed E-state index contributed by atoms with van der Waals surface area (Å²) in [5.74, 6) is -0.210. The molecule has 2 rings (SSSR count). The number of carbonyl (C=O) groups excluding carboxylic acids is 2. The normalized spacial score (nSPS) is 15.5. The molecule has 0 saturated carbocycles. The van der Waals surface area contributed by atoms with Crippen molar-refractivity contribution in [3.05, 3.63) is 29.3 Å². The monoisotopic (exact) mass is 289 g/mol.